The quantitative estimate of drug-likeness (QED) is 0.504. The van der Waals surface area contributed by atoms with Crippen LogP contribution in [0.15, 0.2) is 53.9 Å². The SMILES string of the molecule is O=C(O)C[C@@H](Cc1cccc(Cl)c1)C(=O)NCc1nc(-c2ccccc2Cl)cs1. The maximum atomic E-state index is 12.6. The van der Waals surface area contributed by atoms with Crippen LogP contribution in [0.2, 0.25) is 10.0 Å². The molecule has 5 nitrogen and oxygen atoms in total. The number of hydrogen-bond acceptors (Lipinski definition) is 4. The van der Waals surface area contributed by atoms with E-state index in [4.69, 9.17) is 23.2 Å². The van der Waals surface area contributed by atoms with Crippen molar-refractivity contribution in [3.63, 3.8) is 0 Å². The van der Waals surface area contributed by atoms with Crippen molar-refractivity contribution in [3.8, 4) is 11.3 Å². The van der Waals surface area contributed by atoms with Gasteiger partial charge in [0.05, 0.1) is 24.6 Å². The lowest BCUT2D eigenvalue weighted by Gasteiger charge is -2.15. The van der Waals surface area contributed by atoms with E-state index in [1.807, 2.05) is 29.6 Å². The minimum Gasteiger partial charge on any atom is -0.481 e. The van der Waals surface area contributed by atoms with E-state index in [0.717, 1.165) is 16.8 Å². The molecule has 1 amide bonds. The normalized spacial score (nSPS) is 11.8. The van der Waals surface area contributed by atoms with E-state index in [1.165, 1.54) is 11.3 Å². The number of rotatable bonds is 8. The monoisotopic (exact) mass is 448 g/mol. The molecule has 2 N–H and O–H groups in total. The molecular weight excluding hydrogens is 431 g/mol. The second kappa shape index (κ2) is 9.87. The van der Waals surface area contributed by atoms with Gasteiger partial charge in [-0.2, -0.15) is 0 Å². The van der Waals surface area contributed by atoms with Gasteiger partial charge < -0.3 is 10.4 Å². The summed E-state index contributed by atoms with van der Waals surface area (Å²) in [5.41, 5.74) is 2.38. The standard InChI is InChI=1S/C21H18Cl2N2O3S/c22-15-5-3-4-13(9-15)8-14(10-20(26)27)21(28)24-11-19-25-18(12-29-19)16-6-1-2-7-17(16)23/h1-7,9,12,14H,8,10-11H2,(H,24,28)(H,26,27)/t14-/m1/s1. The Hall–Kier alpha value is -2.41. The fraction of sp³-hybridized carbons (Fsp3) is 0.190. The molecule has 0 saturated carbocycles. The lowest BCUT2D eigenvalue weighted by molar-refractivity contribution is -0.141. The number of amides is 1. The average Bonchev–Trinajstić information content (AvgIpc) is 3.14. The first-order chi connectivity index (χ1) is 13.9. The summed E-state index contributed by atoms with van der Waals surface area (Å²) >= 11 is 13.6. The van der Waals surface area contributed by atoms with Gasteiger partial charge in [-0.1, -0.05) is 53.5 Å². The molecule has 0 bridgehead atoms. The number of nitrogens with one attached hydrogen (secondary N) is 1. The van der Waals surface area contributed by atoms with Gasteiger partial charge in [0.1, 0.15) is 5.01 Å². The molecule has 0 aliphatic carbocycles. The Morgan fingerprint density at radius 1 is 1.14 bits per heavy atom. The van der Waals surface area contributed by atoms with Gasteiger partial charge in [0, 0.05) is 21.0 Å². The summed E-state index contributed by atoms with van der Waals surface area (Å²) in [4.78, 5) is 28.3. The smallest absolute Gasteiger partial charge is 0.304 e. The fourth-order valence-corrected chi connectivity index (χ4v) is 4.09. The highest BCUT2D eigenvalue weighted by Gasteiger charge is 2.22. The molecule has 0 aliphatic heterocycles. The molecule has 0 aliphatic rings. The third-order valence-electron chi connectivity index (χ3n) is 4.28. The van der Waals surface area contributed by atoms with Crippen LogP contribution < -0.4 is 5.32 Å². The van der Waals surface area contributed by atoms with Crippen molar-refractivity contribution >= 4 is 46.4 Å². The summed E-state index contributed by atoms with van der Waals surface area (Å²) in [7, 11) is 0. The van der Waals surface area contributed by atoms with Gasteiger partial charge in [0.25, 0.3) is 0 Å². The zero-order chi connectivity index (χ0) is 20.8. The van der Waals surface area contributed by atoms with Gasteiger partial charge in [-0.15, -0.1) is 11.3 Å². The molecule has 3 aromatic rings. The predicted octanol–water partition coefficient (Wildman–Crippen LogP) is 5.07. The highest BCUT2D eigenvalue weighted by Crippen LogP contribution is 2.28. The first-order valence-electron chi connectivity index (χ1n) is 8.85. The number of benzene rings is 2. The summed E-state index contributed by atoms with van der Waals surface area (Å²) in [6.07, 6.45) is 0.0303. The van der Waals surface area contributed by atoms with Gasteiger partial charge >= 0.3 is 5.97 Å². The van der Waals surface area contributed by atoms with Gasteiger partial charge in [0.2, 0.25) is 5.91 Å². The van der Waals surface area contributed by atoms with Gasteiger partial charge in [0.15, 0.2) is 0 Å². The number of aromatic nitrogens is 1. The van der Waals surface area contributed by atoms with E-state index in [2.05, 4.69) is 10.3 Å². The first-order valence-corrected chi connectivity index (χ1v) is 10.5. The van der Waals surface area contributed by atoms with Crippen molar-refractivity contribution in [1.82, 2.24) is 10.3 Å². The van der Waals surface area contributed by atoms with Crippen LogP contribution in [0, 0.1) is 5.92 Å². The molecule has 3 rings (SSSR count). The van der Waals surface area contributed by atoms with Gasteiger partial charge in [-0.3, -0.25) is 9.59 Å². The average molecular weight is 449 g/mol. The summed E-state index contributed by atoms with van der Waals surface area (Å²) in [5.74, 6) is -2.06. The fourth-order valence-electron chi connectivity index (χ4n) is 2.91. The van der Waals surface area contributed by atoms with E-state index in [9.17, 15) is 14.7 Å². The molecule has 0 saturated heterocycles. The largest absolute Gasteiger partial charge is 0.481 e. The number of nitrogens with zero attached hydrogens (tertiary/aromatic N) is 1. The summed E-state index contributed by atoms with van der Waals surface area (Å²) < 4.78 is 0. The molecule has 1 heterocycles. The number of carboxylic acid groups (broad SMARTS) is 1. The zero-order valence-electron chi connectivity index (χ0n) is 15.3. The van der Waals surface area contributed by atoms with Crippen molar-refractivity contribution in [1.29, 1.82) is 0 Å². The summed E-state index contributed by atoms with van der Waals surface area (Å²) in [6, 6.07) is 14.5. The first kappa shape index (κ1) is 21.3. The third-order valence-corrected chi connectivity index (χ3v) is 5.69. The molecule has 0 unspecified atom stereocenters. The van der Waals surface area contributed by atoms with Crippen LogP contribution in [0.3, 0.4) is 0 Å². The van der Waals surface area contributed by atoms with Crippen LogP contribution in [0.25, 0.3) is 11.3 Å². The number of aliphatic carboxylic acids is 1. The number of hydrogen-bond donors (Lipinski definition) is 2. The van der Waals surface area contributed by atoms with E-state index in [-0.39, 0.29) is 18.9 Å². The molecule has 1 atom stereocenters. The maximum Gasteiger partial charge on any atom is 0.304 e. The van der Waals surface area contributed by atoms with Crippen molar-refractivity contribution < 1.29 is 14.7 Å². The van der Waals surface area contributed by atoms with Crippen molar-refractivity contribution in [2.75, 3.05) is 0 Å². The molecular formula is C21H18Cl2N2O3S. The molecule has 150 valence electrons. The minimum absolute atomic E-state index is 0.222. The van der Waals surface area contributed by atoms with Crippen LogP contribution in [0.5, 0.6) is 0 Å². The topological polar surface area (TPSA) is 79.3 Å². The number of carboxylic acids is 1. The zero-order valence-corrected chi connectivity index (χ0v) is 17.6. The van der Waals surface area contributed by atoms with Crippen LogP contribution in [0.1, 0.15) is 17.0 Å². The second-order valence-corrected chi connectivity index (χ2v) is 8.24. The van der Waals surface area contributed by atoms with Crippen molar-refractivity contribution in [2.45, 2.75) is 19.4 Å². The van der Waals surface area contributed by atoms with Crippen molar-refractivity contribution in [2.24, 2.45) is 5.92 Å². The molecule has 0 radical (unpaired) electrons. The molecule has 1 aromatic heterocycles. The Morgan fingerprint density at radius 2 is 1.93 bits per heavy atom. The number of carbonyl (C=O) groups excluding carboxylic acids is 1. The molecule has 2 aromatic carbocycles. The van der Waals surface area contributed by atoms with Gasteiger partial charge in [-0.05, 0) is 30.2 Å². The Morgan fingerprint density at radius 3 is 2.66 bits per heavy atom. The Balaban J connectivity index is 1.65. The van der Waals surface area contributed by atoms with Crippen LogP contribution >= 0.6 is 34.5 Å². The van der Waals surface area contributed by atoms with Crippen LogP contribution in [0.4, 0.5) is 0 Å². The van der Waals surface area contributed by atoms with Crippen LogP contribution in [-0.4, -0.2) is 22.0 Å². The molecule has 8 heteroatoms. The van der Waals surface area contributed by atoms with E-state index in [1.54, 1.807) is 24.3 Å². The third kappa shape index (κ3) is 6.03. The second-order valence-electron chi connectivity index (χ2n) is 6.45. The van der Waals surface area contributed by atoms with Crippen LogP contribution in [-0.2, 0) is 22.6 Å². The summed E-state index contributed by atoms with van der Waals surface area (Å²) in [5, 5.41) is 15.7. The van der Waals surface area contributed by atoms with E-state index < -0.39 is 11.9 Å². The summed E-state index contributed by atoms with van der Waals surface area (Å²) in [6.45, 7) is 0.222. The van der Waals surface area contributed by atoms with Gasteiger partial charge in [-0.25, -0.2) is 4.98 Å². The minimum atomic E-state index is -1.03. The predicted molar refractivity (Wildman–Crippen MR) is 115 cm³/mol. The number of carbonyl (C=O) groups is 2. The molecule has 29 heavy (non-hydrogen) atoms. The van der Waals surface area contributed by atoms with Crippen molar-refractivity contribution in [3.05, 3.63) is 74.5 Å². The molecule has 0 fully saturated rings. The number of halogens is 2. The lowest BCUT2D eigenvalue weighted by Crippen LogP contribution is -2.33. The number of thiazole rings is 1. The lowest BCUT2D eigenvalue weighted by atomic mass is 9.95. The highest BCUT2D eigenvalue weighted by molar-refractivity contribution is 7.09. The Kier molecular flexibility index (Phi) is 7.25. The Bertz CT molecular complexity index is 1020. The highest BCUT2D eigenvalue weighted by atomic mass is 35.5. The van der Waals surface area contributed by atoms with E-state index in [0.29, 0.717) is 21.5 Å². The maximum absolute atomic E-state index is 12.6. The van der Waals surface area contributed by atoms with E-state index >= 15 is 0 Å². The molecule has 0 spiro atoms. The Labute approximate surface area is 182 Å².